The fourth-order valence-corrected chi connectivity index (χ4v) is 4.32. The SMILES string of the molecule is COc1cccc(-c2cncc([C@@H]3CCCN(C(=O)c4scnc4C)C3)n2)c1. The number of ether oxygens (including phenoxy) is 1. The van der Waals surface area contributed by atoms with Gasteiger partial charge in [-0.2, -0.15) is 0 Å². The monoisotopic (exact) mass is 394 g/mol. The summed E-state index contributed by atoms with van der Waals surface area (Å²) in [6.07, 6.45) is 5.55. The Kier molecular flexibility index (Phi) is 5.34. The summed E-state index contributed by atoms with van der Waals surface area (Å²) in [6, 6.07) is 7.81. The zero-order valence-electron chi connectivity index (χ0n) is 16.0. The summed E-state index contributed by atoms with van der Waals surface area (Å²) in [6.45, 7) is 3.32. The van der Waals surface area contributed by atoms with E-state index in [4.69, 9.17) is 9.72 Å². The number of hydrogen-bond acceptors (Lipinski definition) is 6. The molecule has 0 N–H and O–H groups in total. The van der Waals surface area contributed by atoms with Gasteiger partial charge in [0.15, 0.2) is 0 Å². The van der Waals surface area contributed by atoms with Gasteiger partial charge in [-0.3, -0.25) is 9.78 Å². The number of rotatable bonds is 4. The van der Waals surface area contributed by atoms with Crippen molar-refractivity contribution in [3.63, 3.8) is 0 Å². The second-order valence-electron chi connectivity index (χ2n) is 6.92. The van der Waals surface area contributed by atoms with E-state index in [1.807, 2.05) is 42.3 Å². The number of hydrogen-bond donors (Lipinski definition) is 0. The van der Waals surface area contributed by atoms with E-state index < -0.39 is 0 Å². The van der Waals surface area contributed by atoms with Crippen LogP contribution >= 0.6 is 11.3 Å². The first-order chi connectivity index (χ1) is 13.7. The molecule has 0 aliphatic carbocycles. The van der Waals surface area contributed by atoms with Gasteiger partial charge >= 0.3 is 0 Å². The van der Waals surface area contributed by atoms with E-state index >= 15 is 0 Å². The van der Waals surface area contributed by atoms with Gasteiger partial charge in [0.05, 0.1) is 35.9 Å². The highest BCUT2D eigenvalue weighted by molar-refractivity contribution is 7.11. The molecule has 7 heteroatoms. The van der Waals surface area contributed by atoms with E-state index in [1.165, 1.54) is 11.3 Å². The Balaban J connectivity index is 1.55. The molecule has 28 heavy (non-hydrogen) atoms. The first-order valence-electron chi connectivity index (χ1n) is 9.31. The average molecular weight is 395 g/mol. The van der Waals surface area contributed by atoms with Crippen molar-refractivity contribution in [2.45, 2.75) is 25.7 Å². The van der Waals surface area contributed by atoms with Crippen molar-refractivity contribution >= 4 is 17.2 Å². The lowest BCUT2D eigenvalue weighted by molar-refractivity contribution is 0.0710. The van der Waals surface area contributed by atoms with Crippen LogP contribution in [0, 0.1) is 6.92 Å². The molecule has 1 aliphatic rings. The van der Waals surface area contributed by atoms with Gasteiger partial charge in [-0.25, -0.2) is 9.97 Å². The quantitative estimate of drug-likeness (QED) is 0.670. The Bertz CT molecular complexity index is 988. The first kappa shape index (κ1) is 18.6. The maximum absolute atomic E-state index is 12.9. The van der Waals surface area contributed by atoms with Gasteiger partial charge in [-0.1, -0.05) is 12.1 Å². The van der Waals surface area contributed by atoms with Crippen molar-refractivity contribution in [1.82, 2.24) is 19.9 Å². The molecule has 0 spiro atoms. The van der Waals surface area contributed by atoms with Crippen LogP contribution in [0.25, 0.3) is 11.3 Å². The molecule has 0 saturated carbocycles. The molecule has 3 aromatic rings. The van der Waals surface area contributed by atoms with Crippen LogP contribution in [-0.4, -0.2) is 46.0 Å². The molecule has 0 bridgehead atoms. The Morgan fingerprint density at radius 3 is 3.00 bits per heavy atom. The number of carbonyl (C=O) groups excluding carboxylic acids is 1. The molecule has 144 valence electrons. The predicted molar refractivity (Wildman–Crippen MR) is 109 cm³/mol. The highest BCUT2D eigenvalue weighted by Gasteiger charge is 2.28. The van der Waals surface area contributed by atoms with E-state index in [1.54, 1.807) is 18.8 Å². The van der Waals surface area contributed by atoms with E-state index in [0.717, 1.165) is 52.7 Å². The average Bonchev–Trinajstić information content (AvgIpc) is 3.19. The van der Waals surface area contributed by atoms with Crippen LogP contribution in [0.1, 0.15) is 39.8 Å². The van der Waals surface area contributed by atoms with E-state index in [2.05, 4.69) is 9.97 Å². The largest absolute Gasteiger partial charge is 0.497 e. The lowest BCUT2D eigenvalue weighted by Gasteiger charge is -2.32. The summed E-state index contributed by atoms with van der Waals surface area (Å²) in [5.41, 5.74) is 5.25. The number of aromatic nitrogens is 3. The van der Waals surface area contributed by atoms with E-state index in [-0.39, 0.29) is 11.8 Å². The minimum atomic E-state index is 0.0709. The molecule has 1 atom stereocenters. The van der Waals surface area contributed by atoms with Gasteiger partial charge in [-0.15, -0.1) is 11.3 Å². The van der Waals surface area contributed by atoms with Crippen LogP contribution < -0.4 is 4.74 Å². The number of carbonyl (C=O) groups is 1. The molecular formula is C21H22N4O2S. The fourth-order valence-electron chi connectivity index (χ4n) is 3.55. The summed E-state index contributed by atoms with van der Waals surface area (Å²) in [5.74, 6) is 1.05. The molecule has 1 aliphatic heterocycles. The molecule has 3 heterocycles. The highest BCUT2D eigenvalue weighted by Crippen LogP contribution is 2.29. The van der Waals surface area contributed by atoms with Crippen LogP contribution in [0.5, 0.6) is 5.75 Å². The number of methoxy groups -OCH3 is 1. The Morgan fingerprint density at radius 1 is 1.32 bits per heavy atom. The molecule has 1 saturated heterocycles. The zero-order valence-corrected chi connectivity index (χ0v) is 16.8. The number of benzene rings is 1. The normalized spacial score (nSPS) is 16.8. The number of amides is 1. The van der Waals surface area contributed by atoms with Gasteiger partial charge in [0, 0.05) is 30.8 Å². The fraction of sp³-hybridized carbons (Fsp3) is 0.333. The smallest absolute Gasteiger partial charge is 0.265 e. The third kappa shape index (κ3) is 3.75. The number of likely N-dealkylation sites (tertiary alicyclic amines) is 1. The molecule has 1 aromatic carbocycles. The molecule has 1 amide bonds. The molecule has 1 fully saturated rings. The molecule has 2 aromatic heterocycles. The summed E-state index contributed by atoms with van der Waals surface area (Å²) >= 11 is 1.41. The lowest BCUT2D eigenvalue weighted by Crippen LogP contribution is -2.39. The van der Waals surface area contributed by atoms with Crippen molar-refractivity contribution in [3.8, 4) is 17.0 Å². The number of piperidine rings is 1. The Hall–Kier alpha value is -2.80. The predicted octanol–water partition coefficient (Wildman–Crippen LogP) is 3.94. The molecule has 0 unspecified atom stereocenters. The summed E-state index contributed by atoms with van der Waals surface area (Å²) in [5, 5.41) is 0. The molecular weight excluding hydrogens is 372 g/mol. The van der Waals surface area contributed by atoms with Crippen molar-refractivity contribution < 1.29 is 9.53 Å². The van der Waals surface area contributed by atoms with Gasteiger partial charge in [-0.05, 0) is 31.9 Å². The van der Waals surface area contributed by atoms with Crippen molar-refractivity contribution in [2.24, 2.45) is 0 Å². The molecule has 6 nitrogen and oxygen atoms in total. The van der Waals surface area contributed by atoms with Crippen LogP contribution in [0.3, 0.4) is 0 Å². The molecule has 0 radical (unpaired) electrons. The highest BCUT2D eigenvalue weighted by atomic mass is 32.1. The minimum Gasteiger partial charge on any atom is -0.497 e. The van der Waals surface area contributed by atoms with Gasteiger partial charge in [0.1, 0.15) is 10.6 Å². The Labute approximate surface area is 168 Å². The van der Waals surface area contributed by atoms with E-state index in [0.29, 0.717) is 6.54 Å². The maximum Gasteiger partial charge on any atom is 0.265 e. The van der Waals surface area contributed by atoms with Crippen LogP contribution in [-0.2, 0) is 0 Å². The minimum absolute atomic E-state index is 0.0709. The summed E-state index contributed by atoms with van der Waals surface area (Å²) < 4.78 is 5.31. The number of aryl methyl sites for hydroxylation is 1. The van der Waals surface area contributed by atoms with Crippen LogP contribution in [0.15, 0.2) is 42.2 Å². The summed E-state index contributed by atoms with van der Waals surface area (Å²) in [7, 11) is 1.65. The van der Waals surface area contributed by atoms with Gasteiger partial charge in [0.2, 0.25) is 0 Å². The lowest BCUT2D eigenvalue weighted by atomic mass is 9.94. The summed E-state index contributed by atoms with van der Waals surface area (Å²) in [4.78, 5) is 29.0. The second-order valence-corrected chi connectivity index (χ2v) is 7.77. The standard InChI is InChI=1S/C21H22N4O2S/c1-14-20(28-13-23-14)21(26)25-8-4-6-16(12-25)19-11-22-10-18(24-19)15-5-3-7-17(9-15)27-2/h3,5,7,9-11,13,16H,4,6,8,12H2,1-2H3/t16-/m1/s1. The number of thiazole rings is 1. The van der Waals surface area contributed by atoms with Crippen LogP contribution in [0.2, 0.25) is 0 Å². The third-order valence-electron chi connectivity index (χ3n) is 5.09. The van der Waals surface area contributed by atoms with Gasteiger partial charge < -0.3 is 9.64 Å². The van der Waals surface area contributed by atoms with Gasteiger partial charge in [0.25, 0.3) is 5.91 Å². The zero-order chi connectivity index (χ0) is 19.5. The molecule has 4 rings (SSSR count). The maximum atomic E-state index is 12.9. The van der Waals surface area contributed by atoms with Crippen molar-refractivity contribution in [2.75, 3.05) is 20.2 Å². The third-order valence-corrected chi connectivity index (χ3v) is 6.00. The van der Waals surface area contributed by atoms with E-state index in [9.17, 15) is 4.79 Å². The first-order valence-corrected chi connectivity index (χ1v) is 10.2. The van der Waals surface area contributed by atoms with Crippen molar-refractivity contribution in [1.29, 1.82) is 0 Å². The second kappa shape index (κ2) is 8.06. The number of nitrogens with zero attached hydrogens (tertiary/aromatic N) is 4. The van der Waals surface area contributed by atoms with Crippen LogP contribution in [0.4, 0.5) is 0 Å². The Morgan fingerprint density at radius 2 is 2.21 bits per heavy atom. The van der Waals surface area contributed by atoms with Crippen molar-refractivity contribution in [3.05, 3.63) is 58.4 Å². The topological polar surface area (TPSA) is 68.2 Å².